The molecular weight excluding hydrogens is 152 g/mol. The second-order valence-electron chi connectivity index (χ2n) is 4.65. The fraction of sp³-hybridized carbons (Fsp3) is 1.00. The van der Waals surface area contributed by atoms with Gasteiger partial charge in [-0.1, -0.05) is 13.8 Å². The summed E-state index contributed by atoms with van der Waals surface area (Å²) in [5.41, 5.74) is -0.842. The predicted octanol–water partition coefficient (Wildman–Crippen LogP) is 1.55. The maximum atomic E-state index is 9.69. The van der Waals surface area contributed by atoms with Gasteiger partial charge in [-0.05, 0) is 38.0 Å². The minimum Gasteiger partial charge on any atom is -0.390 e. The predicted molar refractivity (Wildman–Crippen MR) is 48.8 cm³/mol. The summed E-state index contributed by atoms with van der Waals surface area (Å²) in [5.74, 6) is 1.20. The van der Waals surface area contributed by atoms with Crippen LogP contribution < -0.4 is 0 Å². The highest BCUT2D eigenvalue weighted by Gasteiger charge is 2.37. The lowest BCUT2D eigenvalue weighted by molar-refractivity contribution is -0.103. The van der Waals surface area contributed by atoms with Gasteiger partial charge in [0.1, 0.15) is 0 Å². The Hall–Kier alpha value is -0.0800. The van der Waals surface area contributed by atoms with E-state index in [1.54, 1.807) is 6.92 Å². The highest BCUT2D eigenvalue weighted by atomic mass is 16.3. The number of hydrogen-bond donors (Lipinski definition) is 2. The molecule has 1 aliphatic rings. The van der Waals surface area contributed by atoms with Gasteiger partial charge in [-0.25, -0.2) is 0 Å². The number of hydrogen-bond acceptors (Lipinski definition) is 2. The van der Waals surface area contributed by atoms with E-state index < -0.39 is 11.7 Å². The number of aliphatic hydroxyl groups excluding tert-OH is 1. The van der Waals surface area contributed by atoms with Gasteiger partial charge in [0.25, 0.3) is 0 Å². The maximum absolute atomic E-state index is 9.69. The molecule has 0 radical (unpaired) electrons. The quantitative estimate of drug-likeness (QED) is 0.630. The lowest BCUT2D eigenvalue weighted by Gasteiger charge is -2.39. The van der Waals surface area contributed by atoms with Gasteiger partial charge >= 0.3 is 0 Å². The SMILES string of the molecule is CC(C)C1CC[C@](C)(O)[C@H](O)C1. The first-order chi connectivity index (χ1) is 5.43. The zero-order valence-corrected chi connectivity index (χ0v) is 8.25. The molecule has 0 bridgehead atoms. The van der Waals surface area contributed by atoms with Crippen LogP contribution in [0.3, 0.4) is 0 Å². The highest BCUT2D eigenvalue weighted by Crippen LogP contribution is 2.35. The van der Waals surface area contributed by atoms with Gasteiger partial charge in [-0.2, -0.15) is 0 Å². The van der Waals surface area contributed by atoms with Crippen LogP contribution in [0.25, 0.3) is 0 Å². The van der Waals surface area contributed by atoms with Crippen LogP contribution in [0.15, 0.2) is 0 Å². The molecule has 1 unspecified atom stereocenters. The molecule has 2 heteroatoms. The first kappa shape index (κ1) is 10.0. The Labute approximate surface area is 74.6 Å². The fourth-order valence-electron chi connectivity index (χ4n) is 1.91. The molecule has 0 aromatic carbocycles. The molecular formula is C10H20O2. The summed E-state index contributed by atoms with van der Waals surface area (Å²) in [6.45, 7) is 6.09. The summed E-state index contributed by atoms with van der Waals surface area (Å²) in [6.07, 6.45) is 2.00. The third-order valence-electron chi connectivity index (χ3n) is 3.21. The molecule has 1 fully saturated rings. The molecule has 2 nitrogen and oxygen atoms in total. The zero-order valence-electron chi connectivity index (χ0n) is 8.25. The van der Waals surface area contributed by atoms with Crippen molar-refractivity contribution in [2.24, 2.45) is 11.8 Å². The minimum absolute atomic E-state index is 0.529. The second-order valence-corrected chi connectivity index (χ2v) is 4.65. The van der Waals surface area contributed by atoms with Crippen molar-refractivity contribution < 1.29 is 10.2 Å². The van der Waals surface area contributed by atoms with Crippen molar-refractivity contribution in [1.29, 1.82) is 0 Å². The van der Waals surface area contributed by atoms with Crippen LogP contribution in [-0.4, -0.2) is 21.9 Å². The van der Waals surface area contributed by atoms with Gasteiger partial charge in [-0.3, -0.25) is 0 Å². The Bertz CT molecular complexity index is 152. The van der Waals surface area contributed by atoms with Crippen molar-refractivity contribution >= 4 is 0 Å². The molecule has 0 aromatic rings. The van der Waals surface area contributed by atoms with E-state index in [0.29, 0.717) is 11.8 Å². The Balaban J connectivity index is 2.52. The van der Waals surface area contributed by atoms with Gasteiger partial charge in [0.2, 0.25) is 0 Å². The fourth-order valence-corrected chi connectivity index (χ4v) is 1.91. The number of rotatable bonds is 1. The molecule has 0 aliphatic heterocycles. The van der Waals surface area contributed by atoms with E-state index in [2.05, 4.69) is 13.8 Å². The summed E-state index contributed by atoms with van der Waals surface area (Å²) in [6, 6.07) is 0. The zero-order chi connectivity index (χ0) is 9.35. The molecule has 1 aliphatic carbocycles. The average molecular weight is 172 g/mol. The third kappa shape index (κ3) is 1.99. The Morgan fingerprint density at radius 3 is 2.42 bits per heavy atom. The maximum Gasteiger partial charge on any atom is 0.0877 e. The van der Waals surface area contributed by atoms with E-state index in [4.69, 9.17) is 0 Å². The highest BCUT2D eigenvalue weighted by molar-refractivity contribution is 4.89. The molecule has 72 valence electrons. The Kier molecular flexibility index (Phi) is 2.79. The lowest BCUT2D eigenvalue weighted by atomic mass is 9.73. The largest absolute Gasteiger partial charge is 0.390 e. The van der Waals surface area contributed by atoms with Crippen LogP contribution in [0.4, 0.5) is 0 Å². The van der Waals surface area contributed by atoms with Crippen LogP contribution in [-0.2, 0) is 0 Å². The van der Waals surface area contributed by atoms with Gasteiger partial charge in [-0.15, -0.1) is 0 Å². The van der Waals surface area contributed by atoms with Gasteiger partial charge in [0, 0.05) is 0 Å². The van der Waals surface area contributed by atoms with Crippen LogP contribution in [0.2, 0.25) is 0 Å². The van der Waals surface area contributed by atoms with Crippen molar-refractivity contribution in [3.05, 3.63) is 0 Å². The average Bonchev–Trinajstić information content (AvgIpc) is 1.94. The molecule has 12 heavy (non-hydrogen) atoms. The van der Waals surface area contributed by atoms with Crippen LogP contribution in [0, 0.1) is 11.8 Å². The first-order valence-corrected chi connectivity index (χ1v) is 4.84. The second kappa shape index (κ2) is 3.35. The standard InChI is InChI=1S/C10H20O2/c1-7(2)8-4-5-10(3,12)9(11)6-8/h7-9,11-12H,4-6H2,1-3H3/t8?,9-,10+/m1/s1. The summed E-state index contributed by atoms with van der Waals surface area (Å²) in [4.78, 5) is 0. The molecule has 0 saturated heterocycles. The smallest absolute Gasteiger partial charge is 0.0877 e. The summed E-state index contributed by atoms with van der Waals surface area (Å²) < 4.78 is 0. The van der Waals surface area contributed by atoms with Crippen LogP contribution >= 0.6 is 0 Å². The summed E-state index contributed by atoms with van der Waals surface area (Å²) >= 11 is 0. The van der Waals surface area contributed by atoms with Gasteiger partial charge in [0.15, 0.2) is 0 Å². The van der Waals surface area contributed by atoms with E-state index in [-0.39, 0.29) is 0 Å². The first-order valence-electron chi connectivity index (χ1n) is 4.84. The molecule has 0 amide bonds. The minimum atomic E-state index is -0.842. The molecule has 3 atom stereocenters. The topological polar surface area (TPSA) is 40.5 Å². The van der Waals surface area contributed by atoms with Gasteiger partial charge < -0.3 is 10.2 Å². The lowest BCUT2D eigenvalue weighted by Crippen LogP contribution is -2.45. The summed E-state index contributed by atoms with van der Waals surface area (Å²) in [7, 11) is 0. The van der Waals surface area contributed by atoms with Crippen molar-refractivity contribution in [2.45, 2.75) is 51.7 Å². The molecule has 1 saturated carbocycles. The van der Waals surface area contributed by atoms with E-state index in [1.807, 2.05) is 0 Å². The van der Waals surface area contributed by atoms with Crippen LogP contribution in [0.1, 0.15) is 40.0 Å². The van der Waals surface area contributed by atoms with E-state index in [1.165, 1.54) is 0 Å². The van der Waals surface area contributed by atoms with E-state index >= 15 is 0 Å². The van der Waals surface area contributed by atoms with Crippen molar-refractivity contribution in [2.75, 3.05) is 0 Å². The third-order valence-corrected chi connectivity index (χ3v) is 3.21. The Morgan fingerprint density at radius 2 is 2.00 bits per heavy atom. The number of aliphatic hydroxyl groups is 2. The van der Waals surface area contributed by atoms with Crippen molar-refractivity contribution in [3.63, 3.8) is 0 Å². The van der Waals surface area contributed by atoms with Crippen molar-refractivity contribution in [3.8, 4) is 0 Å². The molecule has 0 aromatic heterocycles. The molecule has 0 spiro atoms. The van der Waals surface area contributed by atoms with E-state index in [0.717, 1.165) is 19.3 Å². The summed E-state index contributed by atoms with van der Waals surface area (Å²) in [5, 5.41) is 19.3. The van der Waals surface area contributed by atoms with Crippen LogP contribution in [0.5, 0.6) is 0 Å². The van der Waals surface area contributed by atoms with Gasteiger partial charge in [0.05, 0.1) is 11.7 Å². The van der Waals surface area contributed by atoms with E-state index in [9.17, 15) is 10.2 Å². The van der Waals surface area contributed by atoms with Crippen molar-refractivity contribution in [1.82, 2.24) is 0 Å². The molecule has 1 rings (SSSR count). The Morgan fingerprint density at radius 1 is 1.42 bits per heavy atom. The monoisotopic (exact) mass is 172 g/mol. The normalized spacial score (nSPS) is 43.5. The molecule has 0 heterocycles. The molecule has 2 N–H and O–H groups in total.